The van der Waals surface area contributed by atoms with Crippen LogP contribution in [0.1, 0.15) is 30.5 Å². The summed E-state index contributed by atoms with van der Waals surface area (Å²) in [5.41, 5.74) is 14.5. The molecular weight excluding hydrogens is 647 g/mol. The number of nitrogens with zero attached hydrogens (tertiary/aromatic N) is 5. The van der Waals surface area contributed by atoms with Gasteiger partial charge in [0, 0.05) is 34.5 Å². The Bertz CT molecular complexity index is 2620. The molecule has 53 heavy (non-hydrogen) atoms. The van der Waals surface area contributed by atoms with Gasteiger partial charge in [-0.1, -0.05) is 123 Å². The fourth-order valence-electron chi connectivity index (χ4n) is 7.42. The number of aromatic nitrogens is 4. The summed E-state index contributed by atoms with van der Waals surface area (Å²) in [6.07, 6.45) is 3.68. The number of hydrogen-bond acceptors (Lipinski definition) is 5. The maximum Gasteiger partial charge on any atom is 0.164 e. The summed E-state index contributed by atoms with van der Waals surface area (Å²) in [5, 5.41) is 9.65. The molecule has 0 saturated heterocycles. The van der Waals surface area contributed by atoms with E-state index in [2.05, 4.69) is 97.7 Å². The van der Waals surface area contributed by atoms with Crippen LogP contribution >= 0.6 is 0 Å². The van der Waals surface area contributed by atoms with Gasteiger partial charge in [0.25, 0.3) is 0 Å². The molecule has 2 aromatic heterocycles. The molecule has 9 rings (SSSR count). The van der Waals surface area contributed by atoms with Crippen molar-refractivity contribution in [1.82, 2.24) is 19.9 Å². The summed E-state index contributed by atoms with van der Waals surface area (Å²) >= 11 is 0. The van der Waals surface area contributed by atoms with Gasteiger partial charge < -0.3 is 0 Å². The number of nitriles is 1. The number of fused-ring (bicyclic) bond motifs is 3. The second-order valence-corrected chi connectivity index (χ2v) is 13.9. The molecule has 2 heterocycles. The molecule has 5 nitrogen and oxygen atoms in total. The molecule has 250 valence electrons. The predicted molar refractivity (Wildman–Crippen MR) is 213 cm³/mol. The third-order valence-corrected chi connectivity index (χ3v) is 10.2. The average Bonchev–Trinajstić information content (AvgIpc) is 3.46. The standard InChI is InChI=1S/C48H33N5/c1-48(2)43-22-15-31(29-49)24-42(43)41-21-20-36(28-44(41)48)39-25-38(33-18-16-32(17-19-33)37-14-9-23-50-30-37)26-40(27-39)47-52-45(34-10-5-3-6-11-34)51-46(53-47)35-12-7-4-8-13-35/h3-28,30H,1-2H3. The van der Waals surface area contributed by atoms with E-state index in [1.165, 1.54) is 16.7 Å². The molecule has 0 amide bonds. The van der Waals surface area contributed by atoms with Gasteiger partial charge >= 0.3 is 0 Å². The van der Waals surface area contributed by atoms with Gasteiger partial charge in [-0.15, -0.1) is 0 Å². The SMILES string of the molecule is CC1(C)c2ccc(C#N)cc2-c2ccc(-c3cc(-c4ccc(-c5cccnc5)cc4)cc(-c4nc(-c5ccccc5)nc(-c5ccccc5)n4)c3)cc21. The molecule has 0 N–H and O–H groups in total. The van der Waals surface area contributed by atoms with E-state index in [1.807, 2.05) is 85.1 Å². The molecule has 5 heteroatoms. The van der Waals surface area contributed by atoms with E-state index in [0.717, 1.165) is 55.6 Å². The smallest absolute Gasteiger partial charge is 0.164 e. The number of hydrogen-bond donors (Lipinski definition) is 0. The molecule has 0 fully saturated rings. The van der Waals surface area contributed by atoms with Gasteiger partial charge in [-0.2, -0.15) is 5.26 Å². The van der Waals surface area contributed by atoms with Crippen molar-refractivity contribution in [2.24, 2.45) is 0 Å². The first-order chi connectivity index (χ1) is 25.9. The zero-order chi connectivity index (χ0) is 35.9. The van der Waals surface area contributed by atoms with Crippen molar-refractivity contribution in [2.45, 2.75) is 19.3 Å². The Kier molecular flexibility index (Phi) is 7.79. The largest absolute Gasteiger partial charge is 0.264 e. The summed E-state index contributed by atoms with van der Waals surface area (Å²) in [4.78, 5) is 19.4. The molecule has 0 bridgehead atoms. The van der Waals surface area contributed by atoms with Crippen molar-refractivity contribution in [1.29, 1.82) is 5.26 Å². The van der Waals surface area contributed by atoms with E-state index < -0.39 is 0 Å². The molecule has 0 aliphatic heterocycles. The molecule has 1 aliphatic rings. The molecule has 1 aliphatic carbocycles. The minimum atomic E-state index is -0.222. The van der Waals surface area contributed by atoms with Crippen LogP contribution in [0, 0.1) is 11.3 Å². The Hall–Kier alpha value is -7.03. The first-order valence-corrected chi connectivity index (χ1v) is 17.7. The quantitative estimate of drug-likeness (QED) is 0.175. The van der Waals surface area contributed by atoms with E-state index in [-0.39, 0.29) is 5.41 Å². The molecular formula is C48H33N5. The van der Waals surface area contributed by atoms with Crippen LogP contribution in [0.25, 0.3) is 78.7 Å². The molecule has 6 aromatic carbocycles. The van der Waals surface area contributed by atoms with Gasteiger partial charge in [0.15, 0.2) is 17.5 Å². The molecule has 0 atom stereocenters. The van der Waals surface area contributed by atoms with Crippen LogP contribution in [0.4, 0.5) is 0 Å². The highest BCUT2D eigenvalue weighted by molar-refractivity contribution is 5.86. The normalized spacial score (nSPS) is 12.5. The van der Waals surface area contributed by atoms with Crippen LogP contribution in [0.15, 0.2) is 164 Å². The monoisotopic (exact) mass is 679 g/mol. The minimum absolute atomic E-state index is 0.222. The van der Waals surface area contributed by atoms with Gasteiger partial charge in [-0.05, 0) is 98.1 Å². The van der Waals surface area contributed by atoms with Gasteiger partial charge in [0.05, 0.1) is 11.6 Å². The Balaban J connectivity index is 1.23. The van der Waals surface area contributed by atoms with Gasteiger partial charge in [0.2, 0.25) is 0 Å². The summed E-state index contributed by atoms with van der Waals surface area (Å²) in [6.45, 7) is 4.53. The Morgan fingerprint density at radius 3 is 1.58 bits per heavy atom. The lowest BCUT2D eigenvalue weighted by Crippen LogP contribution is -2.15. The van der Waals surface area contributed by atoms with Crippen LogP contribution < -0.4 is 0 Å². The third kappa shape index (κ3) is 5.87. The third-order valence-electron chi connectivity index (χ3n) is 10.2. The highest BCUT2D eigenvalue weighted by Gasteiger charge is 2.35. The van der Waals surface area contributed by atoms with Crippen LogP contribution in [0.3, 0.4) is 0 Å². The topological polar surface area (TPSA) is 75.3 Å². The fourth-order valence-corrected chi connectivity index (χ4v) is 7.42. The van der Waals surface area contributed by atoms with Crippen LogP contribution in [0.5, 0.6) is 0 Å². The molecule has 0 spiro atoms. The molecule has 0 saturated carbocycles. The summed E-state index contributed by atoms with van der Waals surface area (Å²) < 4.78 is 0. The Morgan fingerprint density at radius 1 is 0.434 bits per heavy atom. The lowest BCUT2D eigenvalue weighted by molar-refractivity contribution is 0.660. The van der Waals surface area contributed by atoms with Gasteiger partial charge in [0.1, 0.15) is 0 Å². The summed E-state index contributed by atoms with van der Waals surface area (Å²) in [6, 6.07) is 54.5. The lowest BCUT2D eigenvalue weighted by atomic mass is 9.81. The predicted octanol–water partition coefficient (Wildman–Crippen LogP) is 11.4. The number of benzene rings is 6. The zero-order valence-electron chi connectivity index (χ0n) is 29.3. The summed E-state index contributed by atoms with van der Waals surface area (Å²) in [5.74, 6) is 1.85. The van der Waals surface area contributed by atoms with E-state index in [0.29, 0.717) is 23.0 Å². The van der Waals surface area contributed by atoms with Crippen LogP contribution in [0.2, 0.25) is 0 Å². The Morgan fingerprint density at radius 2 is 0.981 bits per heavy atom. The lowest BCUT2D eigenvalue weighted by Gasteiger charge is -2.22. The highest BCUT2D eigenvalue weighted by atomic mass is 15.0. The second kappa shape index (κ2) is 12.9. The first kappa shape index (κ1) is 31.9. The van der Waals surface area contributed by atoms with Crippen LogP contribution in [-0.2, 0) is 5.41 Å². The highest BCUT2D eigenvalue weighted by Crippen LogP contribution is 2.50. The average molecular weight is 680 g/mol. The maximum absolute atomic E-state index is 9.65. The molecule has 0 unspecified atom stereocenters. The fraction of sp³-hybridized carbons (Fsp3) is 0.0625. The first-order valence-electron chi connectivity index (χ1n) is 17.7. The summed E-state index contributed by atoms with van der Waals surface area (Å²) in [7, 11) is 0. The van der Waals surface area contributed by atoms with E-state index in [1.54, 1.807) is 6.20 Å². The number of pyridine rings is 1. The minimum Gasteiger partial charge on any atom is -0.264 e. The van der Waals surface area contributed by atoms with Crippen molar-refractivity contribution < 1.29 is 0 Å². The maximum atomic E-state index is 9.65. The van der Waals surface area contributed by atoms with Crippen LogP contribution in [-0.4, -0.2) is 19.9 Å². The molecule has 8 aromatic rings. The van der Waals surface area contributed by atoms with E-state index in [4.69, 9.17) is 15.0 Å². The van der Waals surface area contributed by atoms with E-state index >= 15 is 0 Å². The van der Waals surface area contributed by atoms with Crippen molar-refractivity contribution in [3.05, 3.63) is 181 Å². The van der Waals surface area contributed by atoms with Gasteiger partial charge in [-0.3, -0.25) is 4.98 Å². The van der Waals surface area contributed by atoms with E-state index in [9.17, 15) is 5.26 Å². The zero-order valence-corrected chi connectivity index (χ0v) is 29.3. The van der Waals surface area contributed by atoms with Crippen molar-refractivity contribution in [3.63, 3.8) is 0 Å². The van der Waals surface area contributed by atoms with Crippen molar-refractivity contribution >= 4 is 0 Å². The van der Waals surface area contributed by atoms with Crippen molar-refractivity contribution in [3.8, 4) is 84.7 Å². The molecule has 0 radical (unpaired) electrons. The van der Waals surface area contributed by atoms with Crippen molar-refractivity contribution in [2.75, 3.05) is 0 Å². The Labute approximate surface area is 309 Å². The second-order valence-electron chi connectivity index (χ2n) is 13.9. The number of rotatable bonds is 6. The van der Waals surface area contributed by atoms with Gasteiger partial charge in [-0.25, -0.2) is 15.0 Å².